The van der Waals surface area contributed by atoms with Gasteiger partial charge in [-0.2, -0.15) is 0 Å². The number of para-hydroxylation sites is 1. The molecule has 6 nitrogen and oxygen atoms in total. The van der Waals surface area contributed by atoms with Crippen LogP contribution in [0.25, 0.3) is 10.9 Å². The number of pyridine rings is 1. The van der Waals surface area contributed by atoms with Crippen molar-refractivity contribution in [3.8, 4) is 0 Å². The number of hydrogen-bond acceptors (Lipinski definition) is 5. The summed E-state index contributed by atoms with van der Waals surface area (Å²) in [6, 6.07) is 18.5. The summed E-state index contributed by atoms with van der Waals surface area (Å²) >= 11 is 0. The van der Waals surface area contributed by atoms with Crippen molar-refractivity contribution in [3.63, 3.8) is 0 Å². The molecule has 1 saturated heterocycles. The van der Waals surface area contributed by atoms with Gasteiger partial charge in [-0.3, -0.25) is 19.6 Å². The molecule has 0 atom stereocenters. The number of benzene rings is 2. The van der Waals surface area contributed by atoms with Crippen molar-refractivity contribution in [2.45, 2.75) is 39.8 Å². The summed E-state index contributed by atoms with van der Waals surface area (Å²) in [7, 11) is 0. The first kappa shape index (κ1) is 24.0. The van der Waals surface area contributed by atoms with Crippen molar-refractivity contribution >= 4 is 28.8 Å². The maximum Gasteiger partial charge on any atom is 0.237 e. The molecule has 34 heavy (non-hydrogen) atoms. The maximum absolute atomic E-state index is 12.7. The van der Waals surface area contributed by atoms with Gasteiger partial charge in [-0.15, -0.1) is 0 Å². The number of anilines is 1. The number of aldehydes is 1. The standard InChI is InChI=1S/C28H34N4O2/c1-3-28(4-2,21-33)27(34)30-25-12-5-8-22(18-25)19-31-14-16-32(17-15-31)20-24-10-6-9-23-11-7-13-29-26(23)24/h5-13,18,21H,3-4,14-17,19-20H2,1-2H3,(H,30,34). The number of amides is 1. The summed E-state index contributed by atoms with van der Waals surface area (Å²) in [5.74, 6) is -0.221. The van der Waals surface area contributed by atoms with Gasteiger partial charge in [0, 0.05) is 56.5 Å². The van der Waals surface area contributed by atoms with Crippen molar-refractivity contribution in [3.05, 3.63) is 71.9 Å². The van der Waals surface area contributed by atoms with Crippen LogP contribution in [0.2, 0.25) is 0 Å². The van der Waals surface area contributed by atoms with Crippen LogP contribution in [0, 0.1) is 5.41 Å². The van der Waals surface area contributed by atoms with Crippen LogP contribution >= 0.6 is 0 Å². The van der Waals surface area contributed by atoms with Gasteiger partial charge in [0.1, 0.15) is 11.7 Å². The number of nitrogens with zero attached hydrogens (tertiary/aromatic N) is 3. The van der Waals surface area contributed by atoms with Gasteiger partial charge in [0.25, 0.3) is 0 Å². The highest BCUT2D eigenvalue weighted by Crippen LogP contribution is 2.26. The summed E-state index contributed by atoms with van der Waals surface area (Å²) in [5.41, 5.74) is 3.33. The monoisotopic (exact) mass is 458 g/mol. The predicted octanol–water partition coefficient (Wildman–Crippen LogP) is 4.50. The van der Waals surface area contributed by atoms with Crippen LogP contribution in [0.4, 0.5) is 5.69 Å². The molecule has 2 heterocycles. The molecule has 1 amide bonds. The molecule has 0 saturated carbocycles. The Morgan fingerprint density at radius 2 is 1.65 bits per heavy atom. The second-order valence-electron chi connectivity index (χ2n) is 9.18. The lowest BCUT2D eigenvalue weighted by Crippen LogP contribution is -2.45. The fourth-order valence-corrected chi connectivity index (χ4v) is 4.69. The number of piperazine rings is 1. The van der Waals surface area contributed by atoms with Gasteiger partial charge in [0.05, 0.1) is 5.52 Å². The van der Waals surface area contributed by atoms with Gasteiger partial charge >= 0.3 is 0 Å². The van der Waals surface area contributed by atoms with E-state index in [9.17, 15) is 9.59 Å². The topological polar surface area (TPSA) is 65.5 Å². The van der Waals surface area contributed by atoms with Crippen LogP contribution in [0.1, 0.15) is 37.8 Å². The average Bonchev–Trinajstić information content (AvgIpc) is 2.87. The molecule has 178 valence electrons. The maximum atomic E-state index is 12.7. The first-order valence-corrected chi connectivity index (χ1v) is 12.2. The molecule has 0 unspecified atom stereocenters. The number of aromatic nitrogens is 1. The fourth-order valence-electron chi connectivity index (χ4n) is 4.69. The number of fused-ring (bicyclic) bond motifs is 1. The highest BCUT2D eigenvalue weighted by Gasteiger charge is 2.34. The normalized spacial score (nSPS) is 15.4. The van der Waals surface area contributed by atoms with E-state index in [2.05, 4.69) is 50.4 Å². The molecule has 1 fully saturated rings. The van der Waals surface area contributed by atoms with Crippen molar-refractivity contribution in [1.29, 1.82) is 0 Å². The van der Waals surface area contributed by atoms with Crippen molar-refractivity contribution in [1.82, 2.24) is 14.8 Å². The Hall–Kier alpha value is -3.09. The third kappa shape index (κ3) is 5.34. The van der Waals surface area contributed by atoms with Crippen molar-refractivity contribution < 1.29 is 9.59 Å². The molecule has 4 rings (SSSR count). The van der Waals surface area contributed by atoms with E-state index in [1.54, 1.807) is 0 Å². The Balaban J connectivity index is 1.33. The van der Waals surface area contributed by atoms with Crippen LogP contribution in [-0.4, -0.2) is 53.2 Å². The van der Waals surface area contributed by atoms with Crippen LogP contribution in [-0.2, 0) is 22.7 Å². The first-order valence-electron chi connectivity index (χ1n) is 12.2. The fraction of sp³-hybridized carbons (Fsp3) is 0.393. The zero-order chi connectivity index (χ0) is 24.0. The second-order valence-corrected chi connectivity index (χ2v) is 9.18. The molecule has 1 aromatic heterocycles. The Kier molecular flexibility index (Phi) is 7.70. The van der Waals surface area contributed by atoms with Crippen molar-refractivity contribution in [2.75, 3.05) is 31.5 Å². The summed E-state index contributed by atoms with van der Waals surface area (Å²) in [5, 5.41) is 4.15. The molecule has 3 aromatic rings. The first-order chi connectivity index (χ1) is 16.6. The molecule has 6 heteroatoms. The average molecular weight is 459 g/mol. The molecular weight excluding hydrogens is 424 g/mol. The Bertz CT molecular complexity index is 1130. The van der Waals surface area contributed by atoms with Gasteiger partial charge in [-0.05, 0) is 42.2 Å². The summed E-state index contributed by atoms with van der Waals surface area (Å²) in [4.78, 5) is 33.8. The summed E-state index contributed by atoms with van der Waals surface area (Å²) < 4.78 is 0. The minimum atomic E-state index is -0.952. The molecule has 2 aromatic carbocycles. The van der Waals surface area contributed by atoms with E-state index in [1.165, 1.54) is 10.9 Å². The minimum Gasteiger partial charge on any atom is -0.325 e. The molecule has 0 bridgehead atoms. The molecule has 1 aliphatic rings. The van der Waals surface area contributed by atoms with E-state index in [4.69, 9.17) is 0 Å². The molecule has 1 aliphatic heterocycles. The van der Waals surface area contributed by atoms with Crippen LogP contribution < -0.4 is 5.32 Å². The molecular formula is C28H34N4O2. The molecule has 0 aliphatic carbocycles. The molecule has 0 spiro atoms. The van der Waals surface area contributed by atoms with Gasteiger partial charge < -0.3 is 10.1 Å². The summed E-state index contributed by atoms with van der Waals surface area (Å²) in [6.45, 7) is 9.52. The minimum absolute atomic E-state index is 0.221. The van der Waals surface area contributed by atoms with Crippen molar-refractivity contribution in [2.24, 2.45) is 5.41 Å². The van der Waals surface area contributed by atoms with E-state index in [-0.39, 0.29) is 5.91 Å². The van der Waals surface area contributed by atoms with E-state index in [0.717, 1.165) is 62.3 Å². The SMILES string of the molecule is CCC(C=O)(CC)C(=O)Nc1cccc(CN2CCN(Cc3cccc4cccnc34)CC2)c1. The zero-order valence-corrected chi connectivity index (χ0v) is 20.2. The lowest BCUT2D eigenvalue weighted by atomic mass is 9.83. The van der Waals surface area contributed by atoms with E-state index in [1.807, 2.05) is 44.3 Å². The third-order valence-corrected chi connectivity index (χ3v) is 7.11. The molecule has 0 radical (unpaired) electrons. The second kappa shape index (κ2) is 10.9. The van der Waals surface area contributed by atoms with E-state index < -0.39 is 5.41 Å². The number of carbonyl (C=O) groups excluding carboxylic acids is 2. The van der Waals surface area contributed by atoms with E-state index in [0.29, 0.717) is 12.8 Å². The van der Waals surface area contributed by atoms with Crippen LogP contribution in [0.15, 0.2) is 60.8 Å². The van der Waals surface area contributed by atoms with Crippen LogP contribution in [0.5, 0.6) is 0 Å². The third-order valence-electron chi connectivity index (χ3n) is 7.11. The quantitative estimate of drug-likeness (QED) is 0.378. The van der Waals surface area contributed by atoms with Gasteiger partial charge in [-0.1, -0.05) is 50.2 Å². The van der Waals surface area contributed by atoms with Gasteiger partial charge in [0.15, 0.2) is 0 Å². The molecule has 1 N–H and O–H groups in total. The largest absolute Gasteiger partial charge is 0.325 e. The number of carbonyl (C=O) groups is 2. The predicted molar refractivity (Wildman–Crippen MR) is 136 cm³/mol. The Morgan fingerprint density at radius 3 is 2.35 bits per heavy atom. The van der Waals surface area contributed by atoms with Crippen LogP contribution in [0.3, 0.4) is 0 Å². The van der Waals surface area contributed by atoms with E-state index >= 15 is 0 Å². The smallest absolute Gasteiger partial charge is 0.237 e. The number of nitrogens with one attached hydrogen (secondary N) is 1. The Morgan fingerprint density at radius 1 is 0.971 bits per heavy atom. The number of hydrogen-bond donors (Lipinski definition) is 1. The highest BCUT2D eigenvalue weighted by atomic mass is 16.2. The van der Waals surface area contributed by atoms with Gasteiger partial charge in [-0.25, -0.2) is 0 Å². The Labute approximate surface area is 202 Å². The van der Waals surface area contributed by atoms with Gasteiger partial charge in [0.2, 0.25) is 5.91 Å². The lowest BCUT2D eigenvalue weighted by Gasteiger charge is -2.35. The zero-order valence-electron chi connectivity index (χ0n) is 20.2. The lowest BCUT2D eigenvalue weighted by molar-refractivity contribution is -0.132. The highest BCUT2D eigenvalue weighted by molar-refractivity contribution is 6.04. The summed E-state index contributed by atoms with van der Waals surface area (Å²) in [6.07, 6.45) is 3.65. The number of rotatable bonds is 9.